The summed E-state index contributed by atoms with van der Waals surface area (Å²) in [6.07, 6.45) is 3.34. The molecule has 15 heavy (non-hydrogen) atoms. The first kappa shape index (κ1) is 12.4. The third-order valence-electron chi connectivity index (χ3n) is 2.90. The van der Waals surface area contributed by atoms with Crippen LogP contribution in [-0.2, 0) is 0 Å². The van der Waals surface area contributed by atoms with Crippen LogP contribution in [0.2, 0.25) is 0 Å². The van der Waals surface area contributed by atoms with Gasteiger partial charge in [0, 0.05) is 6.04 Å². The Kier molecular flexibility index (Phi) is 4.04. The molecule has 1 N–H and O–H groups in total. The van der Waals surface area contributed by atoms with Crippen LogP contribution in [0.15, 0.2) is 0 Å². The molecule has 0 aliphatic heterocycles. The molecule has 1 aliphatic rings. The van der Waals surface area contributed by atoms with E-state index < -0.39 is 18.1 Å². The van der Waals surface area contributed by atoms with Crippen LogP contribution in [-0.4, -0.2) is 18.3 Å². The van der Waals surface area contributed by atoms with Crippen LogP contribution in [0.4, 0.5) is 13.2 Å². The van der Waals surface area contributed by atoms with Gasteiger partial charge in [-0.25, -0.2) is 0 Å². The number of terminal acetylenes is 1. The fraction of sp³-hybridized carbons (Fsp3) is 0.818. The zero-order chi connectivity index (χ0) is 11.5. The minimum Gasteiger partial charge on any atom is -0.301 e. The van der Waals surface area contributed by atoms with Gasteiger partial charge in [-0.3, -0.25) is 0 Å². The van der Waals surface area contributed by atoms with E-state index in [0.29, 0.717) is 12.8 Å². The summed E-state index contributed by atoms with van der Waals surface area (Å²) in [5.74, 6) is 1.17. The SMILES string of the molecule is C#CC(C)NC1CCCCC1C(F)(F)F. The van der Waals surface area contributed by atoms with Crippen LogP contribution in [0.1, 0.15) is 32.6 Å². The molecule has 3 unspecified atom stereocenters. The maximum atomic E-state index is 12.7. The Bertz CT molecular complexity index is 241. The molecule has 4 heteroatoms. The Morgan fingerprint density at radius 2 is 1.93 bits per heavy atom. The number of alkyl halides is 3. The van der Waals surface area contributed by atoms with Gasteiger partial charge in [0.05, 0.1) is 12.0 Å². The smallest absolute Gasteiger partial charge is 0.301 e. The Labute approximate surface area is 88.4 Å². The van der Waals surface area contributed by atoms with Crippen molar-refractivity contribution in [3.8, 4) is 12.3 Å². The molecular weight excluding hydrogens is 203 g/mol. The van der Waals surface area contributed by atoms with Crippen molar-refractivity contribution in [1.82, 2.24) is 5.32 Å². The third-order valence-corrected chi connectivity index (χ3v) is 2.90. The topological polar surface area (TPSA) is 12.0 Å². The number of halogens is 3. The zero-order valence-corrected chi connectivity index (χ0v) is 8.77. The normalized spacial score (nSPS) is 29.5. The summed E-state index contributed by atoms with van der Waals surface area (Å²) in [4.78, 5) is 0. The van der Waals surface area contributed by atoms with Crippen molar-refractivity contribution in [2.24, 2.45) is 5.92 Å². The third kappa shape index (κ3) is 3.42. The van der Waals surface area contributed by atoms with Crippen LogP contribution in [0, 0.1) is 18.3 Å². The Morgan fingerprint density at radius 1 is 1.33 bits per heavy atom. The summed E-state index contributed by atoms with van der Waals surface area (Å²) < 4.78 is 38.0. The first-order valence-electron chi connectivity index (χ1n) is 5.24. The van der Waals surface area contributed by atoms with Crippen molar-refractivity contribution in [3.05, 3.63) is 0 Å². The zero-order valence-electron chi connectivity index (χ0n) is 8.77. The molecule has 3 atom stereocenters. The van der Waals surface area contributed by atoms with Crippen molar-refractivity contribution in [2.75, 3.05) is 0 Å². The Morgan fingerprint density at radius 3 is 2.47 bits per heavy atom. The van der Waals surface area contributed by atoms with Gasteiger partial charge in [0.1, 0.15) is 0 Å². The van der Waals surface area contributed by atoms with Crippen molar-refractivity contribution < 1.29 is 13.2 Å². The summed E-state index contributed by atoms with van der Waals surface area (Å²) >= 11 is 0. The molecule has 0 aromatic rings. The maximum absolute atomic E-state index is 12.7. The molecule has 1 saturated carbocycles. The molecule has 1 rings (SSSR count). The lowest BCUT2D eigenvalue weighted by atomic mass is 9.83. The lowest BCUT2D eigenvalue weighted by Gasteiger charge is -2.34. The first-order valence-corrected chi connectivity index (χ1v) is 5.24. The molecule has 0 amide bonds. The van der Waals surface area contributed by atoms with Crippen LogP contribution in [0.3, 0.4) is 0 Å². The van der Waals surface area contributed by atoms with Gasteiger partial charge in [0.2, 0.25) is 0 Å². The quantitative estimate of drug-likeness (QED) is 0.704. The van der Waals surface area contributed by atoms with Crippen LogP contribution in [0.5, 0.6) is 0 Å². The minimum absolute atomic E-state index is 0.221. The highest BCUT2D eigenvalue weighted by Gasteiger charge is 2.45. The lowest BCUT2D eigenvalue weighted by Crippen LogP contribution is -2.48. The fourth-order valence-corrected chi connectivity index (χ4v) is 2.09. The second kappa shape index (κ2) is 4.89. The monoisotopic (exact) mass is 219 g/mol. The van der Waals surface area contributed by atoms with Crippen molar-refractivity contribution in [2.45, 2.75) is 50.9 Å². The van der Waals surface area contributed by atoms with E-state index >= 15 is 0 Å². The van der Waals surface area contributed by atoms with E-state index in [1.165, 1.54) is 0 Å². The highest BCUT2D eigenvalue weighted by molar-refractivity contribution is 4.99. The van der Waals surface area contributed by atoms with Crippen molar-refractivity contribution in [1.29, 1.82) is 0 Å². The molecule has 0 aromatic heterocycles. The van der Waals surface area contributed by atoms with Crippen molar-refractivity contribution in [3.63, 3.8) is 0 Å². The molecule has 1 aliphatic carbocycles. The molecule has 0 saturated heterocycles. The Balaban J connectivity index is 2.63. The Hall–Kier alpha value is -0.690. The molecular formula is C11H16F3N. The first-order chi connectivity index (χ1) is 6.95. The molecule has 0 aromatic carbocycles. The fourth-order valence-electron chi connectivity index (χ4n) is 2.09. The second-order valence-corrected chi connectivity index (χ2v) is 4.09. The van der Waals surface area contributed by atoms with Crippen LogP contribution < -0.4 is 5.32 Å². The molecule has 1 nitrogen and oxygen atoms in total. The number of nitrogens with one attached hydrogen (secondary N) is 1. The summed E-state index contributed by atoms with van der Waals surface area (Å²) in [7, 11) is 0. The maximum Gasteiger partial charge on any atom is 0.393 e. The standard InChI is InChI=1S/C11H16F3N/c1-3-8(2)15-10-7-5-4-6-9(10)11(12,13)14/h1,8-10,15H,4-7H2,2H3. The van der Waals surface area contributed by atoms with Gasteiger partial charge >= 0.3 is 6.18 Å². The largest absolute Gasteiger partial charge is 0.393 e. The van der Waals surface area contributed by atoms with Gasteiger partial charge in [-0.15, -0.1) is 6.42 Å². The van der Waals surface area contributed by atoms with Gasteiger partial charge in [0.15, 0.2) is 0 Å². The predicted octanol–water partition coefficient (Wildman–Crippen LogP) is 2.72. The molecule has 86 valence electrons. The van der Waals surface area contributed by atoms with E-state index in [-0.39, 0.29) is 12.5 Å². The molecule has 0 bridgehead atoms. The average molecular weight is 219 g/mol. The van der Waals surface area contributed by atoms with Gasteiger partial charge in [-0.05, 0) is 19.8 Å². The lowest BCUT2D eigenvalue weighted by molar-refractivity contribution is -0.189. The van der Waals surface area contributed by atoms with Gasteiger partial charge in [-0.1, -0.05) is 18.8 Å². The van der Waals surface area contributed by atoms with Gasteiger partial charge in [0.25, 0.3) is 0 Å². The number of hydrogen-bond donors (Lipinski definition) is 1. The van der Waals surface area contributed by atoms with Crippen molar-refractivity contribution >= 4 is 0 Å². The summed E-state index contributed by atoms with van der Waals surface area (Å²) in [6, 6.07) is -0.803. The predicted molar refractivity (Wildman–Crippen MR) is 53.2 cm³/mol. The molecule has 0 radical (unpaired) electrons. The van der Waals surface area contributed by atoms with E-state index in [1.807, 2.05) is 0 Å². The van der Waals surface area contributed by atoms with Crippen LogP contribution >= 0.6 is 0 Å². The molecule has 0 heterocycles. The summed E-state index contributed by atoms with van der Waals surface area (Å²) in [5, 5.41) is 2.87. The van der Waals surface area contributed by atoms with E-state index in [9.17, 15) is 13.2 Å². The van der Waals surface area contributed by atoms with Gasteiger partial charge in [-0.2, -0.15) is 13.2 Å². The van der Waals surface area contributed by atoms with E-state index in [4.69, 9.17) is 6.42 Å². The highest BCUT2D eigenvalue weighted by atomic mass is 19.4. The summed E-state index contributed by atoms with van der Waals surface area (Å²) in [5.41, 5.74) is 0. The van der Waals surface area contributed by atoms with E-state index in [0.717, 1.165) is 6.42 Å². The molecule has 1 fully saturated rings. The van der Waals surface area contributed by atoms with Gasteiger partial charge < -0.3 is 5.32 Å². The summed E-state index contributed by atoms with van der Waals surface area (Å²) in [6.45, 7) is 1.71. The highest BCUT2D eigenvalue weighted by Crippen LogP contribution is 2.37. The average Bonchev–Trinajstić information content (AvgIpc) is 2.17. The van der Waals surface area contributed by atoms with E-state index in [2.05, 4.69) is 11.2 Å². The van der Waals surface area contributed by atoms with Crippen LogP contribution in [0.25, 0.3) is 0 Å². The second-order valence-electron chi connectivity index (χ2n) is 4.09. The minimum atomic E-state index is -4.10. The molecule has 0 spiro atoms. The number of rotatable bonds is 2. The number of hydrogen-bond acceptors (Lipinski definition) is 1. The van der Waals surface area contributed by atoms with E-state index in [1.54, 1.807) is 6.92 Å².